The Morgan fingerprint density at radius 1 is 1.14 bits per heavy atom. The van der Waals surface area contributed by atoms with Crippen LogP contribution < -0.4 is 0 Å². The Balaban J connectivity index is 1.48. The lowest BCUT2D eigenvalue weighted by molar-refractivity contribution is -0.148. The largest absolute Gasteiger partial charge is 0.481 e. The van der Waals surface area contributed by atoms with Crippen molar-refractivity contribution in [2.45, 2.75) is 28.2 Å². The molecule has 146 valence electrons. The Morgan fingerprint density at radius 2 is 2.00 bits per heavy atom. The van der Waals surface area contributed by atoms with Gasteiger partial charge in [0.2, 0.25) is 0 Å². The normalized spacial score (nSPS) is 16.3. The molecular weight excluding hydrogens is 388 g/mol. The van der Waals surface area contributed by atoms with Gasteiger partial charge in [0, 0.05) is 23.5 Å². The number of carboxylic acids is 1. The zero-order chi connectivity index (χ0) is 19.8. The van der Waals surface area contributed by atoms with Gasteiger partial charge < -0.3 is 9.84 Å². The number of carbonyl (C=O) groups is 1. The van der Waals surface area contributed by atoms with Gasteiger partial charge in [-0.2, -0.15) is 5.10 Å². The van der Waals surface area contributed by atoms with Crippen LogP contribution in [-0.4, -0.2) is 43.9 Å². The molecule has 0 unspecified atom stereocenters. The minimum atomic E-state index is -0.975. The molecule has 0 aliphatic carbocycles. The van der Waals surface area contributed by atoms with E-state index in [1.54, 1.807) is 6.33 Å². The predicted molar refractivity (Wildman–Crippen MR) is 108 cm³/mol. The summed E-state index contributed by atoms with van der Waals surface area (Å²) >= 11 is 1.52. The van der Waals surface area contributed by atoms with Crippen molar-refractivity contribution in [2.75, 3.05) is 13.2 Å². The number of aromatic nitrogens is 4. The van der Waals surface area contributed by atoms with Gasteiger partial charge in [0.15, 0.2) is 5.65 Å². The van der Waals surface area contributed by atoms with Crippen LogP contribution in [0.2, 0.25) is 0 Å². The Labute approximate surface area is 170 Å². The summed E-state index contributed by atoms with van der Waals surface area (Å²) < 4.78 is 7.19. The van der Waals surface area contributed by atoms with E-state index in [1.807, 2.05) is 47.0 Å². The van der Waals surface area contributed by atoms with Gasteiger partial charge in [0.1, 0.15) is 16.8 Å². The number of rotatable bonds is 4. The fourth-order valence-corrected chi connectivity index (χ4v) is 4.65. The van der Waals surface area contributed by atoms with Crippen molar-refractivity contribution in [2.24, 2.45) is 0 Å². The summed E-state index contributed by atoms with van der Waals surface area (Å²) in [5.41, 5.74) is 1.42. The summed E-state index contributed by atoms with van der Waals surface area (Å²) in [7, 11) is 0. The highest BCUT2D eigenvalue weighted by Crippen LogP contribution is 2.36. The maximum absolute atomic E-state index is 12.1. The third-order valence-electron chi connectivity index (χ3n) is 5.41. The van der Waals surface area contributed by atoms with Crippen molar-refractivity contribution >= 4 is 34.3 Å². The maximum atomic E-state index is 12.1. The molecule has 7 nitrogen and oxygen atoms in total. The SMILES string of the molecule is O=C(O)C1(c2cccc(Sc3ccc4c(ccc5ncnn54)c3)n2)CCOCC1. The van der Waals surface area contributed by atoms with E-state index in [0.29, 0.717) is 31.7 Å². The maximum Gasteiger partial charge on any atom is 0.315 e. The van der Waals surface area contributed by atoms with E-state index >= 15 is 0 Å². The van der Waals surface area contributed by atoms with E-state index in [2.05, 4.69) is 16.1 Å². The van der Waals surface area contributed by atoms with E-state index in [1.165, 1.54) is 11.8 Å². The van der Waals surface area contributed by atoms with Crippen LogP contribution >= 0.6 is 11.8 Å². The summed E-state index contributed by atoms with van der Waals surface area (Å²) in [6.07, 6.45) is 2.42. The number of benzene rings is 1. The molecule has 0 bridgehead atoms. The number of hydrogen-bond donors (Lipinski definition) is 1. The number of hydrogen-bond acceptors (Lipinski definition) is 6. The van der Waals surface area contributed by atoms with Crippen molar-refractivity contribution in [1.82, 2.24) is 19.6 Å². The number of pyridine rings is 2. The van der Waals surface area contributed by atoms with Gasteiger partial charge in [-0.05, 0) is 55.3 Å². The van der Waals surface area contributed by atoms with Crippen LogP contribution in [0.3, 0.4) is 0 Å². The zero-order valence-corrected chi connectivity index (χ0v) is 16.3. The van der Waals surface area contributed by atoms with E-state index in [9.17, 15) is 9.90 Å². The first-order chi connectivity index (χ1) is 14.2. The first kappa shape index (κ1) is 18.1. The molecule has 4 heterocycles. The van der Waals surface area contributed by atoms with Gasteiger partial charge in [-0.3, -0.25) is 4.79 Å². The topological polar surface area (TPSA) is 89.6 Å². The van der Waals surface area contributed by atoms with E-state index in [4.69, 9.17) is 9.72 Å². The third-order valence-corrected chi connectivity index (χ3v) is 6.33. The predicted octanol–water partition coefficient (Wildman–Crippen LogP) is 3.56. The Morgan fingerprint density at radius 3 is 2.83 bits per heavy atom. The molecule has 1 N–H and O–H groups in total. The third kappa shape index (κ3) is 3.14. The highest BCUT2D eigenvalue weighted by Gasteiger charge is 2.43. The highest BCUT2D eigenvalue weighted by molar-refractivity contribution is 7.99. The van der Waals surface area contributed by atoms with Crippen LogP contribution in [0.5, 0.6) is 0 Å². The van der Waals surface area contributed by atoms with E-state index in [-0.39, 0.29) is 0 Å². The number of nitrogens with zero attached hydrogens (tertiary/aromatic N) is 4. The molecule has 1 aromatic carbocycles. The number of ether oxygens (including phenoxy) is 1. The van der Waals surface area contributed by atoms with Crippen LogP contribution in [0.1, 0.15) is 18.5 Å². The van der Waals surface area contributed by atoms with Gasteiger partial charge >= 0.3 is 5.97 Å². The van der Waals surface area contributed by atoms with Crippen LogP contribution in [-0.2, 0) is 14.9 Å². The number of aliphatic carboxylic acids is 1. The first-order valence-corrected chi connectivity index (χ1v) is 10.2. The van der Waals surface area contributed by atoms with Crippen molar-refractivity contribution in [3.63, 3.8) is 0 Å². The molecule has 29 heavy (non-hydrogen) atoms. The van der Waals surface area contributed by atoms with E-state index in [0.717, 1.165) is 26.5 Å². The van der Waals surface area contributed by atoms with Crippen molar-refractivity contribution in [3.8, 4) is 0 Å². The van der Waals surface area contributed by atoms with Crippen molar-refractivity contribution in [3.05, 3.63) is 60.6 Å². The van der Waals surface area contributed by atoms with Gasteiger partial charge in [0.25, 0.3) is 0 Å². The van der Waals surface area contributed by atoms with Crippen LogP contribution in [0.15, 0.2) is 64.8 Å². The Hall–Kier alpha value is -2.97. The average molecular weight is 406 g/mol. The molecule has 5 rings (SSSR count). The summed E-state index contributed by atoms with van der Waals surface area (Å²) in [5, 5.41) is 16.0. The molecule has 1 aliphatic heterocycles. The molecule has 1 fully saturated rings. The molecule has 0 spiro atoms. The Bertz CT molecular complexity index is 1220. The summed E-state index contributed by atoms with van der Waals surface area (Å²) in [5.74, 6) is -0.835. The fourth-order valence-electron chi connectivity index (χ4n) is 3.79. The van der Waals surface area contributed by atoms with Crippen molar-refractivity contribution < 1.29 is 14.6 Å². The molecule has 3 aromatic heterocycles. The second-order valence-electron chi connectivity index (χ2n) is 7.05. The van der Waals surface area contributed by atoms with Crippen LogP contribution in [0, 0.1) is 0 Å². The molecule has 4 aromatic rings. The number of fused-ring (bicyclic) bond motifs is 3. The summed E-state index contributed by atoms with van der Waals surface area (Å²) in [4.78, 5) is 22.0. The summed E-state index contributed by atoms with van der Waals surface area (Å²) in [6, 6.07) is 15.7. The molecule has 8 heteroatoms. The molecule has 0 saturated carbocycles. The lowest BCUT2D eigenvalue weighted by atomic mass is 9.77. The lowest BCUT2D eigenvalue weighted by Crippen LogP contribution is -2.42. The van der Waals surface area contributed by atoms with Gasteiger partial charge in [-0.25, -0.2) is 14.5 Å². The minimum Gasteiger partial charge on any atom is -0.481 e. The molecule has 0 atom stereocenters. The molecule has 0 amide bonds. The summed E-state index contributed by atoms with van der Waals surface area (Å²) in [6.45, 7) is 0.875. The van der Waals surface area contributed by atoms with Gasteiger partial charge in [-0.15, -0.1) is 0 Å². The molecule has 1 aliphatic rings. The number of carboxylic acid groups (broad SMARTS) is 1. The molecular formula is C21H18N4O3S. The fraction of sp³-hybridized carbons (Fsp3) is 0.238. The van der Waals surface area contributed by atoms with Crippen LogP contribution in [0.25, 0.3) is 16.6 Å². The highest BCUT2D eigenvalue weighted by atomic mass is 32.2. The smallest absolute Gasteiger partial charge is 0.315 e. The lowest BCUT2D eigenvalue weighted by Gasteiger charge is -2.32. The first-order valence-electron chi connectivity index (χ1n) is 9.35. The zero-order valence-electron chi connectivity index (χ0n) is 15.5. The second-order valence-corrected chi connectivity index (χ2v) is 8.14. The standard InChI is InChI=1S/C21H18N4O3S/c26-20(27)21(8-10-28-11-9-21)17-2-1-3-19(24-17)29-15-5-6-16-14(12-15)4-7-18-22-13-23-25(16)18/h1-7,12-13H,8-11H2,(H,26,27). The average Bonchev–Trinajstić information content (AvgIpc) is 3.23. The van der Waals surface area contributed by atoms with Gasteiger partial charge in [-0.1, -0.05) is 17.8 Å². The quantitative estimate of drug-likeness (QED) is 0.554. The Kier molecular flexibility index (Phi) is 4.44. The van der Waals surface area contributed by atoms with Gasteiger partial charge in [0.05, 0.1) is 11.2 Å². The monoisotopic (exact) mass is 406 g/mol. The second kappa shape index (κ2) is 7.13. The van der Waals surface area contributed by atoms with Crippen molar-refractivity contribution in [1.29, 1.82) is 0 Å². The minimum absolute atomic E-state index is 0.437. The molecule has 1 saturated heterocycles. The van der Waals surface area contributed by atoms with E-state index < -0.39 is 11.4 Å². The van der Waals surface area contributed by atoms with Crippen LogP contribution in [0.4, 0.5) is 0 Å². The molecule has 0 radical (unpaired) electrons.